The summed E-state index contributed by atoms with van der Waals surface area (Å²) in [4.78, 5) is 11.6. The van der Waals surface area contributed by atoms with Crippen LogP contribution >= 0.6 is 0 Å². The molecule has 1 aromatic carbocycles. The number of amides is 2. The summed E-state index contributed by atoms with van der Waals surface area (Å²) in [5.74, 6) is 0.558. The zero-order chi connectivity index (χ0) is 15.5. The number of benzene rings is 1. The number of hydrogen-bond acceptors (Lipinski definition) is 2. The minimum Gasteiger partial charge on any atom is -0.381 e. The quantitative estimate of drug-likeness (QED) is 0.688. The molecule has 2 amide bonds. The Kier molecular flexibility index (Phi) is 8.51. The molecule has 0 aliphatic heterocycles. The molecule has 2 N–H and O–H groups in total. The van der Waals surface area contributed by atoms with Gasteiger partial charge in [-0.25, -0.2) is 4.79 Å². The Morgan fingerprint density at radius 1 is 1.19 bits per heavy atom. The van der Waals surface area contributed by atoms with Crippen LogP contribution in [0.5, 0.6) is 0 Å². The molecule has 0 aliphatic rings. The van der Waals surface area contributed by atoms with Crippen LogP contribution in [0.25, 0.3) is 0 Å². The van der Waals surface area contributed by atoms with Gasteiger partial charge in [0.05, 0.1) is 0 Å². The molecule has 1 rings (SSSR count). The highest BCUT2D eigenvalue weighted by Gasteiger charge is 2.01. The SMILES string of the molecule is Cc1ccccc1CCNC(=O)NCCCOCC(C)C. The molecule has 4 heteroatoms. The van der Waals surface area contributed by atoms with Gasteiger partial charge in [0.15, 0.2) is 0 Å². The Bertz CT molecular complexity index is 419. The molecule has 4 nitrogen and oxygen atoms in total. The number of urea groups is 1. The molecule has 0 spiro atoms. The van der Waals surface area contributed by atoms with Crippen molar-refractivity contribution in [3.63, 3.8) is 0 Å². The lowest BCUT2D eigenvalue weighted by Crippen LogP contribution is -2.37. The Morgan fingerprint density at radius 3 is 2.62 bits per heavy atom. The maximum Gasteiger partial charge on any atom is 0.314 e. The summed E-state index contributed by atoms with van der Waals surface area (Å²) in [6.07, 6.45) is 1.70. The number of rotatable bonds is 9. The van der Waals surface area contributed by atoms with Gasteiger partial charge in [-0.15, -0.1) is 0 Å². The molecule has 0 bridgehead atoms. The standard InChI is InChI=1S/C17H28N2O2/c1-14(2)13-21-12-6-10-18-17(20)19-11-9-16-8-5-4-7-15(16)3/h4-5,7-8,14H,6,9-13H2,1-3H3,(H2,18,19,20). The molecule has 21 heavy (non-hydrogen) atoms. The summed E-state index contributed by atoms with van der Waals surface area (Å²) in [7, 11) is 0. The number of carbonyl (C=O) groups is 1. The van der Waals surface area contributed by atoms with Gasteiger partial charge in [0.25, 0.3) is 0 Å². The summed E-state index contributed by atoms with van der Waals surface area (Å²) in [5.41, 5.74) is 2.54. The molecule has 0 unspecified atom stereocenters. The first-order valence-electron chi connectivity index (χ1n) is 7.73. The van der Waals surface area contributed by atoms with Crippen molar-refractivity contribution in [1.82, 2.24) is 10.6 Å². The molecule has 0 aromatic heterocycles. The van der Waals surface area contributed by atoms with Gasteiger partial charge in [-0.1, -0.05) is 38.1 Å². The Morgan fingerprint density at radius 2 is 1.90 bits per heavy atom. The zero-order valence-electron chi connectivity index (χ0n) is 13.4. The Labute approximate surface area is 128 Å². The first-order valence-corrected chi connectivity index (χ1v) is 7.73. The fraction of sp³-hybridized carbons (Fsp3) is 0.588. The summed E-state index contributed by atoms with van der Waals surface area (Å²) < 4.78 is 5.46. The highest BCUT2D eigenvalue weighted by Crippen LogP contribution is 2.06. The Hall–Kier alpha value is -1.55. The first kappa shape index (κ1) is 17.5. The molecular weight excluding hydrogens is 264 g/mol. The molecule has 0 saturated carbocycles. The van der Waals surface area contributed by atoms with E-state index in [1.807, 2.05) is 12.1 Å². The fourth-order valence-corrected chi connectivity index (χ4v) is 1.96. The van der Waals surface area contributed by atoms with Gasteiger partial charge in [-0.05, 0) is 36.8 Å². The fourth-order valence-electron chi connectivity index (χ4n) is 1.96. The largest absolute Gasteiger partial charge is 0.381 e. The van der Waals surface area contributed by atoms with Crippen LogP contribution in [0.4, 0.5) is 4.79 Å². The highest BCUT2D eigenvalue weighted by molar-refractivity contribution is 5.73. The van der Waals surface area contributed by atoms with Gasteiger partial charge in [-0.2, -0.15) is 0 Å². The number of nitrogens with one attached hydrogen (secondary N) is 2. The lowest BCUT2D eigenvalue weighted by molar-refractivity contribution is 0.108. The van der Waals surface area contributed by atoms with Crippen molar-refractivity contribution in [2.75, 3.05) is 26.3 Å². The van der Waals surface area contributed by atoms with E-state index in [0.29, 0.717) is 25.6 Å². The van der Waals surface area contributed by atoms with E-state index in [1.165, 1.54) is 11.1 Å². The molecular formula is C17H28N2O2. The van der Waals surface area contributed by atoms with Crippen molar-refractivity contribution in [2.45, 2.75) is 33.6 Å². The average molecular weight is 292 g/mol. The smallest absolute Gasteiger partial charge is 0.314 e. The van der Waals surface area contributed by atoms with E-state index >= 15 is 0 Å². The normalized spacial score (nSPS) is 10.7. The van der Waals surface area contributed by atoms with Crippen LogP contribution in [0.1, 0.15) is 31.4 Å². The van der Waals surface area contributed by atoms with E-state index in [4.69, 9.17) is 4.74 Å². The molecule has 0 aliphatic carbocycles. The van der Waals surface area contributed by atoms with Crippen molar-refractivity contribution < 1.29 is 9.53 Å². The third-order valence-corrected chi connectivity index (χ3v) is 3.14. The van der Waals surface area contributed by atoms with Crippen molar-refractivity contribution in [2.24, 2.45) is 5.92 Å². The van der Waals surface area contributed by atoms with Crippen LogP contribution in [0.2, 0.25) is 0 Å². The topological polar surface area (TPSA) is 50.4 Å². The maximum atomic E-state index is 11.6. The number of hydrogen-bond donors (Lipinski definition) is 2. The van der Waals surface area contributed by atoms with Crippen molar-refractivity contribution in [1.29, 1.82) is 0 Å². The van der Waals surface area contributed by atoms with Gasteiger partial charge in [0.1, 0.15) is 0 Å². The lowest BCUT2D eigenvalue weighted by atomic mass is 10.1. The number of carbonyl (C=O) groups excluding carboxylic acids is 1. The van der Waals surface area contributed by atoms with Gasteiger partial charge in [0, 0.05) is 26.3 Å². The maximum absolute atomic E-state index is 11.6. The second-order valence-corrected chi connectivity index (χ2v) is 5.68. The summed E-state index contributed by atoms with van der Waals surface area (Å²) in [5, 5.41) is 5.72. The number of aryl methyl sites for hydroxylation is 1. The molecule has 0 atom stereocenters. The third-order valence-electron chi connectivity index (χ3n) is 3.14. The monoisotopic (exact) mass is 292 g/mol. The molecule has 0 fully saturated rings. The predicted molar refractivity (Wildman–Crippen MR) is 86.6 cm³/mol. The molecule has 1 aromatic rings. The predicted octanol–water partition coefficient (Wildman–Crippen LogP) is 2.90. The molecule has 0 radical (unpaired) electrons. The van der Waals surface area contributed by atoms with Crippen LogP contribution in [-0.2, 0) is 11.2 Å². The van der Waals surface area contributed by atoms with Crippen LogP contribution < -0.4 is 10.6 Å². The van der Waals surface area contributed by atoms with E-state index in [0.717, 1.165) is 19.4 Å². The lowest BCUT2D eigenvalue weighted by Gasteiger charge is -2.10. The number of ether oxygens (including phenoxy) is 1. The van der Waals surface area contributed by atoms with Crippen LogP contribution in [0.15, 0.2) is 24.3 Å². The van der Waals surface area contributed by atoms with Crippen LogP contribution in [0, 0.1) is 12.8 Å². The minimum absolute atomic E-state index is 0.104. The third kappa shape index (κ3) is 8.35. The first-order chi connectivity index (χ1) is 10.1. The van der Waals surface area contributed by atoms with E-state index in [9.17, 15) is 4.79 Å². The Balaban J connectivity index is 2.03. The van der Waals surface area contributed by atoms with Gasteiger partial charge in [0.2, 0.25) is 0 Å². The average Bonchev–Trinajstić information content (AvgIpc) is 2.44. The highest BCUT2D eigenvalue weighted by atomic mass is 16.5. The van der Waals surface area contributed by atoms with E-state index < -0.39 is 0 Å². The zero-order valence-corrected chi connectivity index (χ0v) is 13.4. The summed E-state index contributed by atoms with van der Waals surface area (Å²) in [6, 6.07) is 8.14. The minimum atomic E-state index is -0.104. The van der Waals surface area contributed by atoms with E-state index in [-0.39, 0.29) is 6.03 Å². The van der Waals surface area contributed by atoms with Gasteiger partial charge >= 0.3 is 6.03 Å². The van der Waals surface area contributed by atoms with Crippen molar-refractivity contribution >= 4 is 6.03 Å². The summed E-state index contributed by atoms with van der Waals surface area (Å²) >= 11 is 0. The molecule has 0 saturated heterocycles. The second-order valence-electron chi connectivity index (χ2n) is 5.68. The molecule has 118 valence electrons. The van der Waals surface area contributed by atoms with Crippen LogP contribution in [0.3, 0.4) is 0 Å². The van der Waals surface area contributed by atoms with Crippen LogP contribution in [-0.4, -0.2) is 32.3 Å². The summed E-state index contributed by atoms with van der Waals surface area (Å²) in [6.45, 7) is 9.12. The second kappa shape index (κ2) is 10.2. The van der Waals surface area contributed by atoms with E-state index in [1.54, 1.807) is 0 Å². The van der Waals surface area contributed by atoms with Gasteiger partial charge in [-0.3, -0.25) is 0 Å². The molecule has 0 heterocycles. The van der Waals surface area contributed by atoms with E-state index in [2.05, 4.69) is 43.5 Å². The van der Waals surface area contributed by atoms with Gasteiger partial charge < -0.3 is 15.4 Å². The van der Waals surface area contributed by atoms with Crippen molar-refractivity contribution in [3.05, 3.63) is 35.4 Å². The van der Waals surface area contributed by atoms with Crippen molar-refractivity contribution in [3.8, 4) is 0 Å².